The van der Waals surface area contributed by atoms with Crippen LogP contribution in [0, 0.1) is 22.9 Å². The summed E-state index contributed by atoms with van der Waals surface area (Å²) in [4.78, 5) is 1.80. The van der Waals surface area contributed by atoms with Crippen LogP contribution in [0.1, 0.15) is 26.3 Å². The van der Waals surface area contributed by atoms with Gasteiger partial charge in [0.2, 0.25) is 0 Å². The highest BCUT2D eigenvalue weighted by Crippen LogP contribution is 2.25. The van der Waals surface area contributed by atoms with E-state index in [9.17, 15) is 18.3 Å². The van der Waals surface area contributed by atoms with Crippen LogP contribution in [0.15, 0.2) is 12.1 Å². The highest BCUT2D eigenvalue weighted by molar-refractivity contribution is 5.19. The van der Waals surface area contributed by atoms with Crippen molar-refractivity contribution in [3.8, 4) is 0 Å². The van der Waals surface area contributed by atoms with E-state index < -0.39 is 17.5 Å². The molecule has 1 rings (SSSR count). The molecular weight excluding hydrogens is 255 g/mol. The summed E-state index contributed by atoms with van der Waals surface area (Å²) in [7, 11) is 1.76. The second kappa shape index (κ2) is 5.92. The minimum absolute atomic E-state index is 0.0633. The minimum atomic E-state index is -1.46. The monoisotopic (exact) mass is 275 g/mol. The van der Waals surface area contributed by atoms with Crippen LogP contribution in [0.5, 0.6) is 0 Å². The summed E-state index contributed by atoms with van der Waals surface area (Å²) in [6.45, 7) is 6.07. The van der Waals surface area contributed by atoms with E-state index in [0.29, 0.717) is 5.56 Å². The molecule has 108 valence electrons. The molecule has 0 aliphatic carbocycles. The van der Waals surface area contributed by atoms with Gasteiger partial charge in [0.15, 0.2) is 17.5 Å². The van der Waals surface area contributed by atoms with Crippen LogP contribution in [0.3, 0.4) is 0 Å². The molecule has 1 N–H and O–H groups in total. The topological polar surface area (TPSA) is 23.5 Å². The van der Waals surface area contributed by atoms with Gasteiger partial charge in [-0.3, -0.25) is 4.90 Å². The van der Waals surface area contributed by atoms with Gasteiger partial charge in [0.05, 0.1) is 6.61 Å². The molecule has 0 saturated heterocycles. The van der Waals surface area contributed by atoms with E-state index >= 15 is 0 Å². The van der Waals surface area contributed by atoms with E-state index in [1.54, 1.807) is 11.9 Å². The van der Waals surface area contributed by atoms with Gasteiger partial charge in [0.25, 0.3) is 0 Å². The van der Waals surface area contributed by atoms with Crippen molar-refractivity contribution in [1.29, 1.82) is 0 Å². The van der Waals surface area contributed by atoms with Crippen molar-refractivity contribution in [3.05, 3.63) is 35.1 Å². The summed E-state index contributed by atoms with van der Waals surface area (Å²) in [5, 5.41) is 9.41. The maximum Gasteiger partial charge on any atom is 0.194 e. The standard InChI is InChI=1S/C14H20F3NO/c1-14(2,3)12(8-19)18(4)7-9-5-10(15)13(17)11(16)6-9/h5-6,12,19H,7-8H2,1-4H3. The number of benzene rings is 1. The van der Waals surface area contributed by atoms with E-state index in [0.717, 1.165) is 12.1 Å². The van der Waals surface area contributed by atoms with Crippen molar-refractivity contribution in [1.82, 2.24) is 4.90 Å². The predicted octanol–water partition coefficient (Wildman–Crippen LogP) is 2.94. The Balaban J connectivity index is 2.90. The molecule has 0 aliphatic heterocycles. The molecule has 2 nitrogen and oxygen atoms in total. The third-order valence-corrected chi connectivity index (χ3v) is 3.18. The van der Waals surface area contributed by atoms with Crippen molar-refractivity contribution >= 4 is 0 Å². The van der Waals surface area contributed by atoms with Gasteiger partial charge in [-0.05, 0) is 30.2 Å². The quantitative estimate of drug-likeness (QED) is 0.854. The average Bonchev–Trinajstić information content (AvgIpc) is 2.24. The summed E-state index contributed by atoms with van der Waals surface area (Å²) < 4.78 is 39.1. The first-order valence-corrected chi connectivity index (χ1v) is 6.11. The zero-order valence-electron chi connectivity index (χ0n) is 11.7. The maximum absolute atomic E-state index is 13.1. The molecule has 0 saturated carbocycles. The van der Waals surface area contributed by atoms with Gasteiger partial charge in [0, 0.05) is 12.6 Å². The zero-order valence-corrected chi connectivity index (χ0v) is 11.7. The molecule has 1 aromatic carbocycles. The molecule has 1 aromatic rings. The molecule has 1 unspecified atom stereocenters. The fourth-order valence-electron chi connectivity index (χ4n) is 2.17. The van der Waals surface area contributed by atoms with Crippen molar-refractivity contribution in [2.24, 2.45) is 5.41 Å². The van der Waals surface area contributed by atoms with Crippen molar-refractivity contribution in [3.63, 3.8) is 0 Å². The Bertz CT molecular complexity index is 420. The normalized spacial score (nSPS) is 13.9. The summed E-state index contributed by atoms with van der Waals surface area (Å²) >= 11 is 0. The summed E-state index contributed by atoms with van der Waals surface area (Å²) in [6, 6.07) is 1.79. The van der Waals surface area contributed by atoms with Gasteiger partial charge in [-0.15, -0.1) is 0 Å². The van der Waals surface area contributed by atoms with Crippen LogP contribution in [0.25, 0.3) is 0 Å². The molecule has 0 fully saturated rings. The van der Waals surface area contributed by atoms with Crippen LogP contribution in [-0.4, -0.2) is 29.7 Å². The Morgan fingerprint density at radius 3 is 2.00 bits per heavy atom. The van der Waals surface area contributed by atoms with Gasteiger partial charge >= 0.3 is 0 Å². The Hall–Kier alpha value is -1.07. The number of likely N-dealkylation sites (N-methyl/N-ethyl adjacent to an activating group) is 1. The summed E-state index contributed by atoms with van der Waals surface area (Å²) in [5.74, 6) is -3.85. The van der Waals surface area contributed by atoms with Crippen LogP contribution in [0.2, 0.25) is 0 Å². The molecule has 0 heterocycles. The number of aliphatic hydroxyl groups excluding tert-OH is 1. The Labute approximate surface area is 111 Å². The zero-order chi connectivity index (χ0) is 14.8. The first-order valence-electron chi connectivity index (χ1n) is 6.11. The highest BCUT2D eigenvalue weighted by Gasteiger charge is 2.27. The van der Waals surface area contributed by atoms with E-state index in [-0.39, 0.29) is 24.6 Å². The Morgan fingerprint density at radius 1 is 1.16 bits per heavy atom. The number of nitrogens with zero attached hydrogens (tertiary/aromatic N) is 1. The molecule has 0 aliphatic rings. The van der Waals surface area contributed by atoms with E-state index in [1.807, 2.05) is 20.8 Å². The van der Waals surface area contributed by atoms with E-state index in [2.05, 4.69) is 0 Å². The van der Waals surface area contributed by atoms with Gasteiger partial charge in [-0.25, -0.2) is 13.2 Å². The fraction of sp³-hybridized carbons (Fsp3) is 0.571. The summed E-state index contributed by atoms with van der Waals surface area (Å²) in [6.07, 6.45) is 0. The molecule has 5 heteroatoms. The lowest BCUT2D eigenvalue weighted by Crippen LogP contribution is -2.44. The van der Waals surface area contributed by atoms with Gasteiger partial charge in [-0.1, -0.05) is 20.8 Å². The van der Waals surface area contributed by atoms with Crippen LogP contribution in [0.4, 0.5) is 13.2 Å². The first kappa shape index (κ1) is 16.0. The molecule has 0 amide bonds. The third-order valence-electron chi connectivity index (χ3n) is 3.18. The van der Waals surface area contributed by atoms with Gasteiger partial charge in [0.1, 0.15) is 0 Å². The molecular formula is C14H20F3NO. The lowest BCUT2D eigenvalue weighted by molar-refractivity contribution is 0.0613. The first-order chi connectivity index (χ1) is 8.66. The lowest BCUT2D eigenvalue weighted by Gasteiger charge is -2.36. The smallest absolute Gasteiger partial charge is 0.194 e. The second-order valence-electron chi connectivity index (χ2n) is 5.85. The largest absolute Gasteiger partial charge is 0.395 e. The van der Waals surface area contributed by atoms with E-state index in [1.165, 1.54) is 0 Å². The summed E-state index contributed by atoms with van der Waals surface area (Å²) in [5.41, 5.74) is 0.155. The lowest BCUT2D eigenvalue weighted by atomic mass is 9.86. The molecule has 0 radical (unpaired) electrons. The van der Waals surface area contributed by atoms with Gasteiger partial charge in [-0.2, -0.15) is 0 Å². The molecule has 1 atom stereocenters. The van der Waals surface area contributed by atoms with Gasteiger partial charge < -0.3 is 5.11 Å². The number of rotatable bonds is 4. The third kappa shape index (κ3) is 3.94. The molecule has 0 spiro atoms. The number of aliphatic hydroxyl groups is 1. The SMILES string of the molecule is CN(Cc1cc(F)c(F)c(F)c1)C(CO)C(C)(C)C. The Kier molecular flexibility index (Phi) is 4.98. The predicted molar refractivity (Wildman–Crippen MR) is 68.1 cm³/mol. The van der Waals surface area contributed by atoms with Crippen molar-refractivity contribution in [2.75, 3.05) is 13.7 Å². The highest BCUT2D eigenvalue weighted by atomic mass is 19.2. The molecule has 0 aromatic heterocycles. The van der Waals surface area contributed by atoms with Crippen LogP contribution in [-0.2, 0) is 6.54 Å². The number of hydrogen-bond acceptors (Lipinski definition) is 2. The number of halogens is 3. The van der Waals surface area contributed by atoms with E-state index in [4.69, 9.17) is 0 Å². The van der Waals surface area contributed by atoms with Crippen LogP contribution < -0.4 is 0 Å². The fourth-order valence-corrected chi connectivity index (χ4v) is 2.17. The Morgan fingerprint density at radius 2 is 1.63 bits per heavy atom. The van der Waals surface area contributed by atoms with Crippen molar-refractivity contribution in [2.45, 2.75) is 33.4 Å². The second-order valence-corrected chi connectivity index (χ2v) is 5.85. The minimum Gasteiger partial charge on any atom is -0.395 e. The van der Waals surface area contributed by atoms with Crippen LogP contribution >= 0.6 is 0 Å². The maximum atomic E-state index is 13.1. The molecule has 0 bridgehead atoms. The number of hydrogen-bond donors (Lipinski definition) is 1. The van der Waals surface area contributed by atoms with Crippen molar-refractivity contribution < 1.29 is 18.3 Å². The average molecular weight is 275 g/mol. The molecule has 19 heavy (non-hydrogen) atoms.